The molecule has 8 heteroatoms. The van der Waals surface area contributed by atoms with Crippen LogP contribution in [0, 0.1) is 5.92 Å². The van der Waals surface area contributed by atoms with Gasteiger partial charge in [0.15, 0.2) is 0 Å². The van der Waals surface area contributed by atoms with Crippen LogP contribution in [0.1, 0.15) is 43.7 Å². The number of unbranched alkanes of at least 4 members (excludes halogenated alkanes) is 1. The number of sulfonamides is 1. The van der Waals surface area contributed by atoms with E-state index >= 15 is 0 Å². The van der Waals surface area contributed by atoms with Gasteiger partial charge in [0.1, 0.15) is 5.65 Å². The van der Waals surface area contributed by atoms with E-state index in [1.165, 1.54) is 5.56 Å². The van der Waals surface area contributed by atoms with Crippen LogP contribution in [-0.4, -0.2) is 42.1 Å². The van der Waals surface area contributed by atoms with E-state index in [2.05, 4.69) is 14.7 Å². The van der Waals surface area contributed by atoms with Gasteiger partial charge in [0.2, 0.25) is 10.0 Å². The number of H-pyrrole nitrogens is 1. The molecule has 4 rings (SSSR count). The van der Waals surface area contributed by atoms with Crippen LogP contribution in [0.25, 0.3) is 16.6 Å². The number of rotatable bonds is 6. The van der Waals surface area contributed by atoms with Gasteiger partial charge in [-0.2, -0.15) is 0 Å². The zero-order valence-corrected chi connectivity index (χ0v) is 15.7. The van der Waals surface area contributed by atoms with Crippen LogP contribution in [0.4, 0.5) is 0 Å². The Kier molecular flexibility index (Phi) is 4.67. The molecule has 3 heterocycles. The third-order valence-electron chi connectivity index (χ3n) is 5.45. The van der Waals surface area contributed by atoms with Crippen LogP contribution in [0.2, 0.25) is 0 Å². The van der Waals surface area contributed by atoms with Gasteiger partial charge in [-0.05, 0) is 54.3 Å². The lowest BCUT2D eigenvalue weighted by molar-refractivity contribution is 0.310. The summed E-state index contributed by atoms with van der Waals surface area (Å²) in [6, 6.07) is 2.02. The summed E-state index contributed by atoms with van der Waals surface area (Å²) in [7, 11) is -3.19. The number of nitrogens with one attached hydrogen (secondary N) is 2. The van der Waals surface area contributed by atoms with Crippen LogP contribution in [-0.2, 0) is 16.3 Å². The smallest absolute Gasteiger partial charge is 0.321 e. The maximum absolute atomic E-state index is 12.1. The summed E-state index contributed by atoms with van der Waals surface area (Å²) in [5, 5.41) is 11.3. The Balaban J connectivity index is 1.52. The Morgan fingerprint density at radius 3 is 3.00 bits per heavy atom. The predicted molar refractivity (Wildman–Crippen MR) is 104 cm³/mol. The fraction of sp³-hybridized carbons (Fsp3) is 0.500. The highest BCUT2D eigenvalue weighted by Crippen LogP contribution is 2.44. The molecule has 2 aliphatic rings. The molecule has 1 saturated carbocycles. The number of aromatic nitrogens is 2. The number of aromatic amines is 1. The van der Waals surface area contributed by atoms with E-state index in [0.29, 0.717) is 12.7 Å². The summed E-state index contributed by atoms with van der Waals surface area (Å²) in [5.41, 5.74) is 4.21. The number of allylic oxidation sites excluding steroid dienone is 1. The van der Waals surface area contributed by atoms with E-state index in [1.54, 1.807) is 0 Å². The zero-order valence-electron chi connectivity index (χ0n) is 14.9. The first-order valence-corrected chi connectivity index (χ1v) is 11.0. The molecule has 0 amide bonds. The van der Waals surface area contributed by atoms with Crippen molar-refractivity contribution in [1.82, 2.24) is 14.7 Å². The third kappa shape index (κ3) is 3.33. The van der Waals surface area contributed by atoms with Crippen molar-refractivity contribution in [3.05, 3.63) is 35.6 Å². The standard InChI is InChI=1S/C18H24BN3O3S/c1-2-3-6-26(24,25)22-14-7-12(8-14)16-10-19(23)9-13-11-21-18-15(17(13)16)4-5-20-18/h4-5,10-12,14,22-23H,2-3,6-9H2,1H3,(H,20,21). The van der Waals surface area contributed by atoms with Gasteiger partial charge in [-0.3, -0.25) is 0 Å². The first kappa shape index (κ1) is 17.8. The topological polar surface area (TPSA) is 95.1 Å². The van der Waals surface area contributed by atoms with E-state index in [9.17, 15) is 13.4 Å². The van der Waals surface area contributed by atoms with Crippen molar-refractivity contribution in [2.24, 2.45) is 5.92 Å². The summed E-state index contributed by atoms with van der Waals surface area (Å²) < 4.78 is 27.0. The Hall–Kier alpha value is -1.64. The SMILES string of the molecule is CCCCS(=O)(=O)NC1CC(C2=CB(O)Cc3cnc4[nH]ccc4c32)C1. The number of nitrogens with zero attached hydrogens (tertiary/aromatic N) is 1. The second-order valence-electron chi connectivity index (χ2n) is 7.45. The van der Waals surface area contributed by atoms with Crippen LogP contribution in [0.5, 0.6) is 0 Å². The molecule has 0 radical (unpaired) electrons. The van der Waals surface area contributed by atoms with Crippen molar-refractivity contribution < 1.29 is 13.4 Å². The van der Waals surface area contributed by atoms with E-state index < -0.39 is 16.9 Å². The minimum Gasteiger partial charge on any atom is -0.446 e. The summed E-state index contributed by atoms with van der Waals surface area (Å²) in [6.45, 7) is 1.49. The maximum atomic E-state index is 12.1. The van der Waals surface area contributed by atoms with Gasteiger partial charge >= 0.3 is 6.92 Å². The number of hydrogen-bond donors (Lipinski definition) is 3. The quantitative estimate of drug-likeness (QED) is 0.676. The molecule has 6 nitrogen and oxygen atoms in total. The average molecular weight is 373 g/mol. The summed E-state index contributed by atoms with van der Waals surface area (Å²) in [6.07, 6.45) is 7.41. The van der Waals surface area contributed by atoms with Gasteiger partial charge in [0.05, 0.1) is 5.75 Å². The Morgan fingerprint density at radius 2 is 2.23 bits per heavy atom. The third-order valence-corrected chi connectivity index (χ3v) is 6.96. The normalized spacial score (nSPS) is 22.8. The summed E-state index contributed by atoms with van der Waals surface area (Å²) in [5.74, 6) is 2.41. The molecule has 1 fully saturated rings. The maximum Gasteiger partial charge on any atom is 0.321 e. The van der Waals surface area contributed by atoms with Crippen LogP contribution >= 0.6 is 0 Å². The fourth-order valence-corrected chi connectivity index (χ4v) is 5.56. The van der Waals surface area contributed by atoms with Crippen molar-refractivity contribution in [3.63, 3.8) is 0 Å². The van der Waals surface area contributed by atoms with Crippen LogP contribution in [0.3, 0.4) is 0 Å². The molecule has 0 aromatic carbocycles. The highest BCUT2D eigenvalue weighted by Gasteiger charge is 2.37. The van der Waals surface area contributed by atoms with Crippen molar-refractivity contribution in [3.8, 4) is 0 Å². The largest absolute Gasteiger partial charge is 0.446 e. The molecule has 138 valence electrons. The molecule has 1 aliphatic heterocycles. The first-order valence-electron chi connectivity index (χ1n) is 9.32. The Labute approximate surface area is 154 Å². The number of hydrogen-bond acceptors (Lipinski definition) is 4. The Morgan fingerprint density at radius 1 is 1.42 bits per heavy atom. The van der Waals surface area contributed by atoms with Crippen molar-refractivity contribution >= 4 is 33.5 Å². The molecule has 2 aromatic heterocycles. The van der Waals surface area contributed by atoms with E-state index in [-0.39, 0.29) is 17.7 Å². The molecule has 0 saturated heterocycles. The van der Waals surface area contributed by atoms with Gasteiger partial charge in [0, 0.05) is 23.8 Å². The highest BCUT2D eigenvalue weighted by atomic mass is 32.2. The lowest BCUT2D eigenvalue weighted by atomic mass is 9.55. The van der Waals surface area contributed by atoms with Gasteiger partial charge in [-0.1, -0.05) is 19.3 Å². The summed E-state index contributed by atoms with van der Waals surface area (Å²) >= 11 is 0. The molecule has 0 atom stereocenters. The van der Waals surface area contributed by atoms with Gasteiger partial charge < -0.3 is 10.0 Å². The first-order chi connectivity index (χ1) is 12.5. The lowest BCUT2D eigenvalue weighted by Crippen LogP contribution is -2.45. The summed E-state index contributed by atoms with van der Waals surface area (Å²) in [4.78, 5) is 7.58. The van der Waals surface area contributed by atoms with Crippen molar-refractivity contribution in [2.45, 2.75) is 45.0 Å². The molecule has 3 N–H and O–H groups in total. The fourth-order valence-electron chi connectivity index (χ4n) is 4.08. The van der Waals surface area contributed by atoms with Crippen molar-refractivity contribution in [1.29, 1.82) is 0 Å². The van der Waals surface area contributed by atoms with Gasteiger partial charge in [-0.25, -0.2) is 18.1 Å². The molecule has 0 unspecified atom stereocenters. The van der Waals surface area contributed by atoms with Crippen molar-refractivity contribution in [2.75, 3.05) is 5.75 Å². The van der Waals surface area contributed by atoms with Crippen LogP contribution in [0.15, 0.2) is 24.4 Å². The number of fused-ring (bicyclic) bond motifs is 3. The van der Waals surface area contributed by atoms with E-state index in [4.69, 9.17) is 0 Å². The second kappa shape index (κ2) is 6.83. The van der Waals surface area contributed by atoms with Crippen LogP contribution < -0.4 is 4.72 Å². The second-order valence-corrected chi connectivity index (χ2v) is 9.32. The Bertz CT molecular complexity index is 948. The zero-order chi connectivity index (χ0) is 18.3. The van der Waals surface area contributed by atoms with E-state index in [1.807, 2.05) is 31.4 Å². The highest BCUT2D eigenvalue weighted by molar-refractivity contribution is 7.89. The van der Waals surface area contributed by atoms with E-state index in [0.717, 1.165) is 41.4 Å². The minimum absolute atomic E-state index is 0.00571. The minimum atomic E-state index is -3.19. The number of pyridine rings is 1. The average Bonchev–Trinajstić information content (AvgIpc) is 3.03. The molecular formula is C18H24BN3O3S. The molecule has 1 aliphatic carbocycles. The molecule has 0 spiro atoms. The van der Waals surface area contributed by atoms with Gasteiger partial charge in [0.25, 0.3) is 0 Å². The molecule has 2 aromatic rings. The molecule has 26 heavy (non-hydrogen) atoms. The van der Waals surface area contributed by atoms with Gasteiger partial charge in [-0.15, -0.1) is 0 Å². The lowest BCUT2D eigenvalue weighted by Gasteiger charge is -2.39. The monoisotopic (exact) mass is 373 g/mol. The molecular weight excluding hydrogens is 349 g/mol. The predicted octanol–water partition coefficient (Wildman–Crippen LogP) is 2.06. The molecule has 0 bridgehead atoms.